The van der Waals surface area contributed by atoms with Gasteiger partial charge in [0.05, 0.1) is 0 Å². The van der Waals surface area contributed by atoms with E-state index in [4.69, 9.17) is 11.6 Å². The molecular formula is C15H10ClFOS. The second kappa shape index (κ2) is 4.93. The first-order valence-electron chi connectivity index (χ1n) is 5.76. The Kier molecular flexibility index (Phi) is 3.27. The summed E-state index contributed by atoms with van der Waals surface area (Å²) < 4.78 is 14.8. The fourth-order valence-corrected chi connectivity index (χ4v) is 3.22. The average molecular weight is 293 g/mol. The van der Waals surface area contributed by atoms with Gasteiger partial charge in [-0.15, -0.1) is 11.3 Å². The van der Waals surface area contributed by atoms with Crippen LogP contribution in [-0.4, -0.2) is 5.11 Å². The molecule has 0 radical (unpaired) electrons. The summed E-state index contributed by atoms with van der Waals surface area (Å²) >= 11 is 7.26. The van der Waals surface area contributed by atoms with Crippen molar-refractivity contribution < 1.29 is 9.50 Å². The highest BCUT2D eigenvalue weighted by Gasteiger charge is 2.17. The van der Waals surface area contributed by atoms with Gasteiger partial charge < -0.3 is 5.11 Å². The molecule has 96 valence electrons. The molecule has 0 amide bonds. The molecule has 3 rings (SSSR count). The predicted octanol–water partition coefficient (Wildman–Crippen LogP) is 4.78. The highest BCUT2D eigenvalue weighted by Crippen LogP contribution is 2.33. The van der Waals surface area contributed by atoms with Gasteiger partial charge in [-0.2, -0.15) is 0 Å². The van der Waals surface area contributed by atoms with E-state index in [0.29, 0.717) is 10.6 Å². The van der Waals surface area contributed by atoms with Crippen LogP contribution >= 0.6 is 22.9 Å². The molecule has 19 heavy (non-hydrogen) atoms. The predicted molar refractivity (Wildman–Crippen MR) is 77.3 cm³/mol. The van der Waals surface area contributed by atoms with Crippen LogP contribution in [0.15, 0.2) is 47.8 Å². The number of benzene rings is 2. The third-order valence-corrected chi connectivity index (χ3v) is 4.28. The van der Waals surface area contributed by atoms with Gasteiger partial charge in [0.25, 0.3) is 0 Å². The Labute approximate surface area is 118 Å². The van der Waals surface area contributed by atoms with Crippen LogP contribution in [0, 0.1) is 5.82 Å². The first kappa shape index (κ1) is 12.6. The van der Waals surface area contributed by atoms with Crippen LogP contribution in [-0.2, 0) is 0 Å². The average Bonchev–Trinajstić information content (AvgIpc) is 2.86. The van der Waals surface area contributed by atoms with Crippen LogP contribution in [0.25, 0.3) is 10.1 Å². The Morgan fingerprint density at radius 1 is 1.11 bits per heavy atom. The SMILES string of the molecule is OC(c1ccc(Cl)cc1F)c1cccc2ccsc12. The summed E-state index contributed by atoms with van der Waals surface area (Å²) in [6.07, 6.45) is -0.986. The lowest BCUT2D eigenvalue weighted by molar-refractivity contribution is 0.216. The zero-order chi connectivity index (χ0) is 13.4. The molecule has 0 saturated carbocycles. The zero-order valence-corrected chi connectivity index (χ0v) is 11.4. The lowest BCUT2D eigenvalue weighted by atomic mass is 10.00. The van der Waals surface area contributed by atoms with Gasteiger partial charge in [-0.05, 0) is 29.0 Å². The number of halogens is 2. The van der Waals surface area contributed by atoms with Gasteiger partial charge in [-0.1, -0.05) is 35.9 Å². The lowest BCUT2D eigenvalue weighted by Gasteiger charge is -2.13. The van der Waals surface area contributed by atoms with E-state index in [9.17, 15) is 9.50 Å². The smallest absolute Gasteiger partial charge is 0.130 e. The molecule has 1 N–H and O–H groups in total. The van der Waals surface area contributed by atoms with Crippen LogP contribution in [0.3, 0.4) is 0 Å². The quantitative estimate of drug-likeness (QED) is 0.721. The summed E-state index contributed by atoms with van der Waals surface area (Å²) in [5.74, 6) is -0.492. The monoisotopic (exact) mass is 292 g/mol. The van der Waals surface area contributed by atoms with E-state index >= 15 is 0 Å². The van der Waals surface area contributed by atoms with Crippen molar-refractivity contribution in [2.45, 2.75) is 6.10 Å². The third kappa shape index (κ3) is 2.25. The topological polar surface area (TPSA) is 20.2 Å². The van der Waals surface area contributed by atoms with Gasteiger partial charge in [0.1, 0.15) is 11.9 Å². The molecule has 0 fully saturated rings. The van der Waals surface area contributed by atoms with Crippen molar-refractivity contribution in [1.29, 1.82) is 0 Å². The Morgan fingerprint density at radius 2 is 1.95 bits per heavy atom. The van der Waals surface area contributed by atoms with Crippen LogP contribution in [0.1, 0.15) is 17.2 Å². The molecule has 0 saturated heterocycles. The molecule has 0 aliphatic heterocycles. The van der Waals surface area contributed by atoms with Crippen LogP contribution < -0.4 is 0 Å². The minimum atomic E-state index is -0.986. The molecule has 1 nitrogen and oxygen atoms in total. The Balaban J connectivity index is 2.13. The third-order valence-electron chi connectivity index (χ3n) is 3.06. The minimum absolute atomic E-state index is 0.241. The van der Waals surface area contributed by atoms with E-state index in [-0.39, 0.29) is 5.56 Å². The maximum Gasteiger partial charge on any atom is 0.130 e. The largest absolute Gasteiger partial charge is 0.383 e. The van der Waals surface area contributed by atoms with Gasteiger partial charge in [0.2, 0.25) is 0 Å². The molecule has 1 atom stereocenters. The normalized spacial score (nSPS) is 12.8. The molecule has 2 aromatic carbocycles. The highest BCUT2D eigenvalue weighted by atomic mass is 35.5. The highest BCUT2D eigenvalue weighted by molar-refractivity contribution is 7.17. The molecule has 1 aromatic heterocycles. The number of hydrogen-bond acceptors (Lipinski definition) is 2. The summed E-state index contributed by atoms with van der Waals surface area (Å²) in [5.41, 5.74) is 0.957. The first-order valence-corrected chi connectivity index (χ1v) is 7.02. The zero-order valence-electron chi connectivity index (χ0n) is 9.81. The van der Waals surface area contributed by atoms with Crippen LogP contribution in [0.5, 0.6) is 0 Å². The number of hydrogen-bond donors (Lipinski definition) is 1. The maximum atomic E-state index is 13.9. The van der Waals surface area contributed by atoms with Crippen molar-refractivity contribution in [3.8, 4) is 0 Å². The number of thiophene rings is 1. The molecule has 3 aromatic rings. The summed E-state index contributed by atoms with van der Waals surface area (Å²) in [6, 6.07) is 12.0. The Morgan fingerprint density at radius 3 is 2.74 bits per heavy atom. The molecule has 1 unspecified atom stereocenters. The van der Waals surface area contributed by atoms with E-state index in [1.807, 2.05) is 29.6 Å². The fourth-order valence-electron chi connectivity index (χ4n) is 2.12. The van der Waals surface area contributed by atoms with Gasteiger partial charge >= 0.3 is 0 Å². The molecule has 4 heteroatoms. The summed E-state index contributed by atoms with van der Waals surface area (Å²) in [7, 11) is 0. The van der Waals surface area contributed by atoms with Crippen LogP contribution in [0.2, 0.25) is 5.02 Å². The molecule has 1 heterocycles. The van der Waals surface area contributed by atoms with Gasteiger partial charge in [-0.3, -0.25) is 0 Å². The first-order chi connectivity index (χ1) is 9.16. The molecule has 0 bridgehead atoms. The molecule has 0 aliphatic rings. The van der Waals surface area contributed by atoms with E-state index in [1.165, 1.54) is 23.5 Å². The fraction of sp³-hybridized carbons (Fsp3) is 0.0667. The number of fused-ring (bicyclic) bond motifs is 1. The van der Waals surface area contributed by atoms with E-state index < -0.39 is 11.9 Å². The second-order valence-corrected chi connectivity index (χ2v) is 5.61. The Bertz CT molecular complexity index is 738. The minimum Gasteiger partial charge on any atom is -0.383 e. The molecule has 0 aliphatic carbocycles. The molecule has 0 spiro atoms. The summed E-state index contributed by atoms with van der Waals surface area (Å²) in [6.45, 7) is 0. The van der Waals surface area contributed by atoms with Gasteiger partial charge in [0, 0.05) is 20.8 Å². The van der Waals surface area contributed by atoms with Crippen molar-refractivity contribution >= 4 is 33.0 Å². The van der Waals surface area contributed by atoms with Crippen molar-refractivity contribution in [3.63, 3.8) is 0 Å². The standard InChI is InChI=1S/C15H10ClFOS/c16-10-4-5-11(13(17)8-10)14(18)12-3-1-2-9-6-7-19-15(9)12/h1-8,14,18H. The number of aliphatic hydroxyl groups excluding tert-OH is 1. The van der Waals surface area contributed by atoms with Crippen molar-refractivity contribution in [2.75, 3.05) is 0 Å². The maximum absolute atomic E-state index is 13.9. The summed E-state index contributed by atoms with van der Waals surface area (Å²) in [4.78, 5) is 0. The second-order valence-electron chi connectivity index (χ2n) is 4.25. The van der Waals surface area contributed by atoms with Crippen molar-refractivity contribution in [3.05, 3.63) is 69.8 Å². The summed E-state index contributed by atoms with van der Waals surface area (Å²) in [5, 5.41) is 13.7. The van der Waals surface area contributed by atoms with Crippen LogP contribution in [0.4, 0.5) is 4.39 Å². The van der Waals surface area contributed by atoms with Gasteiger partial charge in [-0.25, -0.2) is 4.39 Å². The Hall–Kier alpha value is -1.42. The lowest BCUT2D eigenvalue weighted by Crippen LogP contribution is -2.02. The van der Waals surface area contributed by atoms with Gasteiger partial charge in [0.15, 0.2) is 0 Å². The number of rotatable bonds is 2. The van der Waals surface area contributed by atoms with Crippen molar-refractivity contribution in [2.24, 2.45) is 0 Å². The van der Waals surface area contributed by atoms with Crippen molar-refractivity contribution in [1.82, 2.24) is 0 Å². The van der Waals surface area contributed by atoms with E-state index in [2.05, 4.69) is 0 Å². The van der Waals surface area contributed by atoms with E-state index in [0.717, 1.165) is 10.1 Å². The number of aliphatic hydroxyl groups is 1. The molecular weight excluding hydrogens is 283 g/mol. The van der Waals surface area contributed by atoms with E-state index in [1.54, 1.807) is 6.07 Å².